The monoisotopic (exact) mass is 356 g/mol. The van der Waals surface area contributed by atoms with Crippen LogP contribution >= 0.6 is 0 Å². The van der Waals surface area contributed by atoms with Gasteiger partial charge in [0.25, 0.3) is 0 Å². The quantitative estimate of drug-likeness (QED) is 0.483. The van der Waals surface area contributed by atoms with Crippen molar-refractivity contribution in [2.45, 2.75) is 0 Å². The van der Waals surface area contributed by atoms with Gasteiger partial charge in [-0.05, 0) is 22.9 Å². The van der Waals surface area contributed by atoms with Gasteiger partial charge in [0, 0.05) is 10.8 Å². The van der Waals surface area contributed by atoms with Gasteiger partial charge in [-0.2, -0.15) is 0 Å². The number of anilines is 1. The van der Waals surface area contributed by atoms with Crippen LogP contribution < -0.4 is 15.4 Å². The molecule has 0 aromatic heterocycles. The standard InChI is InChI=1S/C23H20N2O2/c26-23(25-21-13-5-9-17-7-1-3-11-19(17)21)24-15-16-27-22-14-6-10-18-8-2-4-12-20(18)22/h1-14H,15-16H2,(H2,24,25,26). The number of benzene rings is 4. The highest BCUT2D eigenvalue weighted by Gasteiger charge is 2.05. The third kappa shape index (κ3) is 3.85. The molecule has 2 amide bonds. The number of hydrogen-bond acceptors (Lipinski definition) is 2. The molecule has 0 radical (unpaired) electrons. The molecular formula is C23H20N2O2. The average molecular weight is 356 g/mol. The first-order valence-electron chi connectivity index (χ1n) is 8.94. The van der Waals surface area contributed by atoms with E-state index in [1.807, 2.05) is 72.8 Å². The Balaban J connectivity index is 1.33. The van der Waals surface area contributed by atoms with Crippen LogP contribution in [0.25, 0.3) is 21.5 Å². The zero-order valence-electron chi connectivity index (χ0n) is 14.8. The lowest BCUT2D eigenvalue weighted by Crippen LogP contribution is -2.32. The zero-order chi connectivity index (χ0) is 18.5. The van der Waals surface area contributed by atoms with Crippen LogP contribution in [0.2, 0.25) is 0 Å². The number of ether oxygens (including phenoxy) is 1. The van der Waals surface area contributed by atoms with Gasteiger partial charge >= 0.3 is 6.03 Å². The van der Waals surface area contributed by atoms with E-state index in [-0.39, 0.29) is 6.03 Å². The van der Waals surface area contributed by atoms with Crippen LogP contribution in [0.3, 0.4) is 0 Å². The maximum atomic E-state index is 12.2. The molecule has 0 aliphatic carbocycles. The zero-order valence-corrected chi connectivity index (χ0v) is 14.8. The highest BCUT2D eigenvalue weighted by molar-refractivity contribution is 6.01. The normalized spacial score (nSPS) is 10.7. The number of hydrogen-bond donors (Lipinski definition) is 2. The second-order valence-electron chi connectivity index (χ2n) is 6.23. The Labute approximate surface area is 157 Å². The number of carbonyl (C=O) groups is 1. The lowest BCUT2D eigenvalue weighted by molar-refractivity contribution is 0.247. The van der Waals surface area contributed by atoms with E-state index in [1.165, 1.54) is 0 Å². The Morgan fingerprint density at radius 1 is 0.741 bits per heavy atom. The first kappa shape index (κ1) is 16.9. The molecule has 4 rings (SSSR count). The fourth-order valence-electron chi connectivity index (χ4n) is 3.15. The maximum Gasteiger partial charge on any atom is 0.319 e. The molecule has 0 saturated carbocycles. The van der Waals surface area contributed by atoms with Gasteiger partial charge in [0.2, 0.25) is 0 Å². The molecule has 0 fully saturated rings. The Hall–Kier alpha value is -3.53. The van der Waals surface area contributed by atoms with Gasteiger partial charge < -0.3 is 15.4 Å². The molecule has 0 unspecified atom stereocenters. The van der Waals surface area contributed by atoms with E-state index in [4.69, 9.17) is 4.74 Å². The summed E-state index contributed by atoms with van der Waals surface area (Å²) in [6.45, 7) is 0.816. The summed E-state index contributed by atoms with van der Waals surface area (Å²) in [4.78, 5) is 12.2. The lowest BCUT2D eigenvalue weighted by Gasteiger charge is -2.12. The summed E-state index contributed by atoms with van der Waals surface area (Å²) in [6, 6.07) is 27.6. The molecule has 27 heavy (non-hydrogen) atoms. The van der Waals surface area contributed by atoms with Crippen molar-refractivity contribution in [2.24, 2.45) is 0 Å². The Bertz CT molecular complexity index is 1080. The van der Waals surface area contributed by atoms with Crippen LogP contribution in [-0.4, -0.2) is 19.2 Å². The first-order chi connectivity index (χ1) is 13.3. The van der Waals surface area contributed by atoms with Crippen molar-refractivity contribution in [1.82, 2.24) is 5.32 Å². The molecule has 4 aromatic rings. The van der Waals surface area contributed by atoms with E-state index in [9.17, 15) is 4.79 Å². The molecule has 2 N–H and O–H groups in total. The highest BCUT2D eigenvalue weighted by Crippen LogP contribution is 2.25. The van der Waals surface area contributed by atoms with Crippen molar-refractivity contribution in [2.75, 3.05) is 18.5 Å². The summed E-state index contributed by atoms with van der Waals surface area (Å²) in [5.74, 6) is 0.823. The Kier molecular flexibility index (Phi) is 4.88. The second kappa shape index (κ2) is 7.79. The SMILES string of the molecule is O=C(NCCOc1cccc2ccccc12)Nc1cccc2ccccc12. The fourth-order valence-corrected chi connectivity index (χ4v) is 3.15. The minimum absolute atomic E-state index is 0.243. The molecule has 4 heteroatoms. The van der Waals surface area contributed by atoms with Crippen LogP contribution in [0.1, 0.15) is 0 Å². The molecule has 0 aliphatic heterocycles. The highest BCUT2D eigenvalue weighted by atomic mass is 16.5. The minimum atomic E-state index is -0.243. The van der Waals surface area contributed by atoms with Crippen molar-refractivity contribution >= 4 is 33.3 Å². The fraction of sp³-hybridized carbons (Fsp3) is 0.0870. The summed E-state index contributed by atoms with van der Waals surface area (Å²) >= 11 is 0. The van der Waals surface area contributed by atoms with Crippen molar-refractivity contribution in [3.63, 3.8) is 0 Å². The molecule has 0 bridgehead atoms. The van der Waals surface area contributed by atoms with Gasteiger partial charge in [-0.25, -0.2) is 4.79 Å². The molecule has 0 atom stereocenters. The lowest BCUT2D eigenvalue weighted by atomic mass is 10.1. The Morgan fingerprint density at radius 3 is 2.19 bits per heavy atom. The largest absolute Gasteiger partial charge is 0.491 e. The summed E-state index contributed by atoms with van der Waals surface area (Å²) in [6.07, 6.45) is 0. The van der Waals surface area contributed by atoms with Gasteiger partial charge in [0.1, 0.15) is 12.4 Å². The number of amides is 2. The summed E-state index contributed by atoms with van der Waals surface area (Å²) in [5, 5.41) is 10.1. The summed E-state index contributed by atoms with van der Waals surface area (Å²) in [7, 11) is 0. The van der Waals surface area contributed by atoms with Crippen LogP contribution in [0.15, 0.2) is 84.9 Å². The third-order valence-corrected chi connectivity index (χ3v) is 4.43. The van der Waals surface area contributed by atoms with Gasteiger partial charge in [-0.3, -0.25) is 0 Å². The van der Waals surface area contributed by atoms with Crippen LogP contribution in [0, 0.1) is 0 Å². The number of fused-ring (bicyclic) bond motifs is 2. The maximum absolute atomic E-state index is 12.2. The molecule has 0 heterocycles. The second-order valence-corrected chi connectivity index (χ2v) is 6.23. The van der Waals surface area contributed by atoms with Gasteiger partial charge in [-0.1, -0.05) is 72.8 Å². The summed E-state index contributed by atoms with van der Waals surface area (Å²) < 4.78 is 5.85. The molecule has 4 nitrogen and oxygen atoms in total. The van der Waals surface area contributed by atoms with Crippen LogP contribution in [-0.2, 0) is 0 Å². The van der Waals surface area contributed by atoms with Crippen molar-refractivity contribution < 1.29 is 9.53 Å². The minimum Gasteiger partial charge on any atom is -0.491 e. The Morgan fingerprint density at radius 2 is 1.37 bits per heavy atom. The van der Waals surface area contributed by atoms with Crippen LogP contribution in [0.5, 0.6) is 5.75 Å². The summed E-state index contributed by atoms with van der Waals surface area (Å²) in [5.41, 5.74) is 0.792. The van der Waals surface area contributed by atoms with E-state index in [0.29, 0.717) is 13.2 Å². The van der Waals surface area contributed by atoms with Gasteiger partial charge in [-0.15, -0.1) is 0 Å². The van der Waals surface area contributed by atoms with Crippen molar-refractivity contribution in [1.29, 1.82) is 0 Å². The number of urea groups is 1. The van der Waals surface area contributed by atoms with E-state index >= 15 is 0 Å². The first-order valence-corrected chi connectivity index (χ1v) is 8.94. The third-order valence-electron chi connectivity index (χ3n) is 4.43. The van der Waals surface area contributed by atoms with Gasteiger partial charge in [0.15, 0.2) is 0 Å². The van der Waals surface area contributed by atoms with E-state index in [0.717, 1.165) is 33.0 Å². The van der Waals surface area contributed by atoms with Crippen LogP contribution in [0.4, 0.5) is 10.5 Å². The molecule has 0 saturated heterocycles. The van der Waals surface area contributed by atoms with Crippen molar-refractivity contribution in [3.05, 3.63) is 84.9 Å². The molecule has 0 aliphatic rings. The predicted molar refractivity (Wildman–Crippen MR) is 110 cm³/mol. The topological polar surface area (TPSA) is 50.4 Å². The van der Waals surface area contributed by atoms with E-state index < -0.39 is 0 Å². The number of carbonyl (C=O) groups excluding carboxylic acids is 1. The van der Waals surface area contributed by atoms with E-state index in [2.05, 4.69) is 22.8 Å². The predicted octanol–water partition coefficient (Wildman–Crippen LogP) is 5.19. The molecule has 4 aromatic carbocycles. The number of nitrogens with one attached hydrogen (secondary N) is 2. The average Bonchev–Trinajstić information content (AvgIpc) is 2.71. The van der Waals surface area contributed by atoms with Crippen molar-refractivity contribution in [3.8, 4) is 5.75 Å². The smallest absolute Gasteiger partial charge is 0.319 e. The molecule has 0 spiro atoms. The number of rotatable bonds is 5. The van der Waals surface area contributed by atoms with Gasteiger partial charge in [0.05, 0.1) is 12.2 Å². The van der Waals surface area contributed by atoms with E-state index in [1.54, 1.807) is 0 Å². The molecule has 134 valence electrons. The molecular weight excluding hydrogens is 336 g/mol.